The number of nitrogens with zero attached hydrogens (tertiary/aromatic N) is 1. The maximum Gasteiger partial charge on any atom is 0.312 e. The fourth-order valence-electron chi connectivity index (χ4n) is 1.71. The highest BCUT2D eigenvalue weighted by atomic mass is 16.3. The van der Waals surface area contributed by atoms with Crippen LogP contribution in [0.1, 0.15) is 25.8 Å². The van der Waals surface area contributed by atoms with E-state index in [1.165, 1.54) is 4.90 Å². The van der Waals surface area contributed by atoms with Gasteiger partial charge in [0.1, 0.15) is 0 Å². The van der Waals surface area contributed by atoms with Crippen LogP contribution in [0.4, 0.5) is 0 Å². The van der Waals surface area contributed by atoms with Crippen LogP contribution in [0.15, 0.2) is 30.3 Å². The summed E-state index contributed by atoms with van der Waals surface area (Å²) >= 11 is 0. The van der Waals surface area contributed by atoms with Crippen LogP contribution < -0.4 is 5.32 Å². The van der Waals surface area contributed by atoms with Gasteiger partial charge in [-0.3, -0.25) is 9.59 Å². The topological polar surface area (TPSA) is 69.6 Å². The summed E-state index contributed by atoms with van der Waals surface area (Å²) in [6.07, 6.45) is 0.762. The summed E-state index contributed by atoms with van der Waals surface area (Å²) in [4.78, 5) is 25.3. The summed E-state index contributed by atoms with van der Waals surface area (Å²) in [5.41, 5.74) is 0.922. The summed E-state index contributed by atoms with van der Waals surface area (Å²) in [5, 5.41) is 11.7. The predicted octanol–water partition coefficient (Wildman–Crippen LogP) is 0.922. The van der Waals surface area contributed by atoms with Gasteiger partial charge in [0.25, 0.3) is 0 Å². The van der Waals surface area contributed by atoms with E-state index in [1.807, 2.05) is 44.2 Å². The molecule has 0 saturated carbocycles. The predicted molar refractivity (Wildman–Crippen MR) is 76.8 cm³/mol. The number of carbonyl (C=O) groups excluding carboxylic acids is 2. The molecule has 0 bridgehead atoms. The molecule has 1 rings (SSSR count). The summed E-state index contributed by atoms with van der Waals surface area (Å²) in [6, 6.07) is 9.34. The van der Waals surface area contributed by atoms with Gasteiger partial charge in [0.15, 0.2) is 0 Å². The second kappa shape index (κ2) is 8.32. The second-order valence-corrected chi connectivity index (χ2v) is 4.72. The van der Waals surface area contributed by atoms with Crippen LogP contribution >= 0.6 is 0 Å². The average Bonchev–Trinajstić information content (AvgIpc) is 2.46. The molecular weight excluding hydrogens is 256 g/mol. The van der Waals surface area contributed by atoms with E-state index in [4.69, 9.17) is 5.11 Å². The van der Waals surface area contributed by atoms with Crippen molar-refractivity contribution >= 4 is 11.8 Å². The van der Waals surface area contributed by atoms with E-state index in [2.05, 4.69) is 5.32 Å². The smallest absolute Gasteiger partial charge is 0.312 e. The molecule has 0 spiro atoms. The zero-order chi connectivity index (χ0) is 15.0. The molecule has 20 heavy (non-hydrogen) atoms. The third kappa shape index (κ3) is 5.01. The first-order valence-corrected chi connectivity index (χ1v) is 6.83. The van der Waals surface area contributed by atoms with Gasteiger partial charge in [0.2, 0.25) is 0 Å². The number of hydrogen-bond donors (Lipinski definition) is 2. The first-order valence-electron chi connectivity index (χ1n) is 6.83. The Bertz CT molecular complexity index is 434. The van der Waals surface area contributed by atoms with E-state index >= 15 is 0 Å². The molecule has 1 unspecified atom stereocenters. The van der Waals surface area contributed by atoms with Crippen LogP contribution in [-0.2, 0) is 16.1 Å². The lowest BCUT2D eigenvalue weighted by molar-refractivity contribution is -0.146. The molecule has 1 aromatic rings. The zero-order valence-electron chi connectivity index (χ0n) is 12.0. The van der Waals surface area contributed by atoms with Crippen molar-refractivity contribution in [1.82, 2.24) is 10.2 Å². The molecule has 1 aromatic carbocycles. The van der Waals surface area contributed by atoms with Crippen molar-refractivity contribution in [2.45, 2.75) is 32.9 Å². The summed E-state index contributed by atoms with van der Waals surface area (Å²) < 4.78 is 0. The molecule has 0 radical (unpaired) electrons. The standard InChI is InChI=1S/C15H22N2O3/c1-3-12(2)16-14(19)15(20)17(9-10-18)11-13-7-5-4-6-8-13/h4-8,12,18H,3,9-11H2,1-2H3,(H,16,19). The van der Waals surface area contributed by atoms with E-state index < -0.39 is 11.8 Å². The quantitative estimate of drug-likeness (QED) is 0.760. The van der Waals surface area contributed by atoms with Gasteiger partial charge in [-0.15, -0.1) is 0 Å². The van der Waals surface area contributed by atoms with Gasteiger partial charge in [0.05, 0.1) is 6.61 Å². The first kappa shape index (κ1) is 16.2. The van der Waals surface area contributed by atoms with Crippen LogP contribution in [0.3, 0.4) is 0 Å². The largest absolute Gasteiger partial charge is 0.395 e. The molecular formula is C15H22N2O3. The lowest BCUT2D eigenvalue weighted by Gasteiger charge is -2.22. The van der Waals surface area contributed by atoms with Crippen LogP contribution in [0.25, 0.3) is 0 Å². The van der Waals surface area contributed by atoms with Gasteiger partial charge in [-0.25, -0.2) is 0 Å². The monoisotopic (exact) mass is 278 g/mol. The van der Waals surface area contributed by atoms with E-state index in [9.17, 15) is 9.59 Å². The van der Waals surface area contributed by atoms with Gasteiger partial charge in [0, 0.05) is 19.1 Å². The van der Waals surface area contributed by atoms with Gasteiger partial charge >= 0.3 is 11.8 Å². The minimum atomic E-state index is -0.622. The van der Waals surface area contributed by atoms with Crippen molar-refractivity contribution in [1.29, 1.82) is 0 Å². The lowest BCUT2D eigenvalue weighted by atomic mass is 10.2. The molecule has 2 N–H and O–H groups in total. The highest BCUT2D eigenvalue weighted by molar-refractivity contribution is 6.35. The second-order valence-electron chi connectivity index (χ2n) is 4.72. The molecule has 0 saturated heterocycles. The molecule has 0 aromatic heterocycles. The van der Waals surface area contributed by atoms with Crippen molar-refractivity contribution in [3.63, 3.8) is 0 Å². The summed E-state index contributed by atoms with van der Waals surface area (Å²) in [7, 11) is 0. The van der Waals surface area contributed by atoms with Crippen molar-refractivity contribution in [2.24, 2.45) is 0 Å². The van der Waals surface area contributed by atoms with Crippen LogP contribution in [0, 0.1) is 0 Å². The van der Waals surface area contributed by atoms with E-state index in [-0.39, 0.29) is 19.2 Å². The molecule has 110 valence electrons. The minimum absolute atomic E-state index is 0.0425. The van der Waals surface area contributed by atoms with Crippen LogP contribution in [-0.4, -0.2) is 41.0 Å². The highest BCUT2D eigenvalue weighted by Gasteiger charge is 2.22. The third-order valence-electron chi connectivity index (χ3n) is 3.06. The number of benzene rings is 1. The number of nitrogens with one attached hydrogen (secondary N) is 1. The number of carbonyl (C=O) groups is 2. The fraction of sp³-hybridized carbons (Fsp3) is 0.467. The normalized spacial score (nSPS) is 11.8. The maximum atomic E-state index is 12.1. The van der Waals surface area contributed by atoms with E-state index in [1.54, 1.807) is 0 Å². The Morgan fingerprint density at radius 1 is 1.30 bits per heavy atom. The average molecular weight is 278 g/mol. The molecule has 5 heteroatoms. The van der Waals surface area contributed by atoms with Crippen LogP contribution in [0.5, 0.6) is 0 Å². The SMILES string of the molecule is CCC(C)NC(=O)C(=O)N(CCO)Cc1ccccc1. The van der Waals surface area contributed by atoms with Gasteiger partial charge < -0.3 is 15.3 Å². The maximum absolute atomic E-state index is 12.1. The summed E-state index contributed by atoms with van der Waals surface area (Å²) in [6.45, 7) is 4.06. The van der Waals surface area contributed by atoms with Gasteiger partial charge in [-0.05, 0) is 18.9 Å². The number of aliphatic hydroxyl groups excluding tert-OH is 1. The molecule has 2 amide bonds. The number of hydrogen-bond acceptors (Lipinski definition) is 3. The zero-order valence-corrected chi connectivity index (χ0v) is 12.0. The van der Waals surface area contributed by atoms with Gasteiger partial charge in [-0.2, -0.15) is 0 Å². The number of amides is 2. The molecule has 0 aliphatic carbocycles. The van der Waals surface area contributed by atoms with Crippen molar-refractivity contribution in [2.75, 3.05) is 13.2 Å². The van der Waals surface area contributed by atoms with Crippen molar-refractivity contribution in [3.05, 3.63) is 35.9 Å². The Labute approximate surface area is 119 Å². The van der Waals surface area contributed by atoms with E-state index in [0.29, 0.717) is 6.54 Å². The van der Waals surface area contributed by atoms with Gasteiger partial charge in [-0.1, -0.05) is 37.3 Å². The molecule has 1 atom stereocenters. The molecule has 0 heterocycles. The minimum Gasteiger partial charge on any atom is -0.395 e. The Balaban J connectivity index is 2.69. The van der Waals surface area contributed by atoms with E-state index in [0.717, 1.165) is 12.0 Å². The Morgan fingerprint density at radius 3 is 2.50 bits per heavy atom. The highest BCUT2D eigenvalue weighted by Crippen LogP contribution is 2.05. The Morgan fingerprint density at radius 2 is 1.95 bits per heavy atom. The van der Waals surface area contributed by atoms with Crippen molar-refractivity contribution < 1.29 is 14.7 Å². The molecule has 0 fully saturated rings. The third-order valence-corrected chi connectivity index (χ3v) is 3.06. The fourth-order valence-corrected chi connectivity index (χ4v) is 1.71. The van der Waals surface area contributed by atoms with Crippen LogP contribution in [0.2, 0.25) is 0 Å². The molecule has 0 aliphatic rings. The lowest BCUT2D eigenvalue weighted by Crippen LogP contribution is -2.46. The summed E-state index contributed by atoms with van der Waals surface area (Å²) in [5.74, 6) is -1.23. The molecule has 0 aliphatic heterocycles. The number of aliphatic hydroxyl groups is 1. The molecule has 5 nitrogen and oxygen atoms in total. The Kier molecular flexibility index (Phi) is 6.73. The first-order chi connectivity index (χ1) is 9.58. The Hall–Kier alpha value is -1.88. The van der Waals surface area contributed by atoms with Crippen molar-refractivity contribution in [3.8, 4) is 0 Å². The number of rotatable bonds is 6.